The maximum Gasteiger partial charge on any atom is 0.335 e. The summed E-state index contributed by atoms with van der Waals surface area (Å²) in [5.74, 6) is -1.04. The second-order valence-corrected chi connectivity index (χ2v) is 7.55. The first-order valence-corrected chi connectivity index (χ1v) is 10.2. The van der Waals surface area contributed by atoms with Crippen LogP contribution in [0.2, 0.25) is 5.02 Å². The Morgan fingerprint density at radius 3 is 2.62 bits per heavy atom. The lowest BCUT2D eigenvalue weighted by Crippen LogP contribution is -2.54. The molecule has 1 N–H and O–H groups in total. The van der Waals surface area contributed by atoms with Crippen molar-refractivity contribution in [3.8, 4) is 5.75 Å². The Labute approximate surface area is 189 Å². The molecule has 1 aliphatic rings. The Morgan fingerprint density at radius 1 is 1.06 bits per heavy atom. The number of urea groups is 1. The van der Waals surface area contributed by atoms with Crippen LogP contribution in [0.5, 0.6) is 5.75 Å². The molecule has 0 radical (unpaired) electrons. The normalized spacial score (nSPS) is 15.2. The topological polar surface area (TPSA) is 75.7 Å². The van der Waals surface area contributed by atoms with Crippen molar-refractivity contribution in [2.24, 2.45) is 0 Å². The van der Waals surface area contributed by atoms with Gasteiger partial charge in [-0.1, -0.05) is 60.7 Å². The summed E-state index contributed by atoms with van der Waals surface area (Å²) in [5.41, 5.74) is 1.22. The van der Waals surface area contributed by atoms with Gasteiger partial charge in [-0.3, -0.25) is 14.9 Å². The minimum absolute atomic E-state index is 0.191. The van der Waals surface area contributed by atoms with Gasteiger partial charge >= 0.3 is 6.03 Å². The molecule has 1 fully saturated rings. The van der Waals surface area contributed by atoms with Gasteiger partial charge in [0.2, 0.25) is 0 Å². The van der Waals surface area contributed by atoms with Gasteiger partial charge in [0.15, 0.2) is 0 Å². The average Bonchev–Trinajstić information content (AvgIpc) is 2.78. The number of nitrogens with one attached hydrogen (secondary N) is 1. The molecule has 0 bridgehead atoms. The minimum Gasteiger partial charge on any atom is -0.489 e. The zero-order valence-electron chi connectivity index (χ0n) is 17.2. The molecule has 1 saturated heterocycles. The SMILES string of the molecule is C=CCOc1ccc2ccccc2c1/C=C1\C(=O)NC(=O)N(c2cccc(Cl)c2C)C1=O. The van der Waals surface area contributed by atoms with E-state index in [2.05, 4.69) is 11.9 Å². The maximum absolute atomic E-state index is 13.4. The quantitative estimate of drug-likeness (QED) is 0.338. The summed E-state index contributed by atoms with van der Waals surface area (Å²) < 4.78 is 5.77. The van der Waals surface area contributed by atoms with Gasteiger partial charge < -0.3 is 4.74 Å². The lowest BCUT2D eigenvalue weighted by atomic mass is 9.99. The lowest BCUT2D eigenvalue weighted by molar-refractivity contribution is -0.122. The fourth-order valence-electron chi connectivity index (χ4n) is 3.56. The van der Waals surface area contributed by atoms with Gasteiger partial charge in [-0.15, -0.1) is 0 Å². The number of imide groups is 2. The molecule has 0 atom stereocenters. The van der Waals surface area contributed by atoms with Crippen LogP contribution in [-0.4, -0.2) is 24.5 Å². The maximum atomic E-state index is 13.4. The molecule has 1 aliphatic heterocycles. The summed E-state index contributed by atoms with van der Waals surface area (Å²) in [5, 5.41) is 4.35. The Balaban J connectivity index is 1.88. The standard InChI is InChI=1S/C25H19ClN2O4/c1-3-13-32-22-12-11-16-7-4-5-8-17(16)18(22)14-19-23(29)27-25(31)28(24(19)30)21-10-6-9-20(26)15(21)2/h3-12,14H,1,13H2,2H3,(H,27,29,31)/b19-14+. The number of rotatable bonds is 5. The van der Waals surface area contributed by atoms with E-state index in [1.807, 2.05) is 30.3 Å². The molecule has 1 heterocycles. The molecule has 4 amide bonds. The van der Waals surface area contributed by atoms with Crippen LogP contribution in [0.15, 0.2) is 72.8 Å². The van der Waals surface area contributed by atoms with Gasteiger partial charge in [0.05, 0.1) is 5.69 Å². The highest BCUT2D eigenvalue weighted by Gasteiger charge is 2.38. The highest BCUT2D eigenvalue weighted by atomic mass is 35.5. The van der Waals surface area contributed by atoms with Crippen LogP contribution in [0.3, 0.4) is 0 Å². The molecular weight excluding hydrogens is 428 g/mol. The van der Waals surface area contributed by atoms with E-state index >= 15 is 0 Å². The molecule has 160 valence electrons. The van der Waals surface area contributed by atoms with Crippen LogP contribution in [0, 0.1) is 6.92 Å². The first-order valence-electron chi connectivity index (χ1n) is 9.84. The molecule has 32 heavy (non-hydrogen) atoms. The van der Waals surface area contributed by atoms with Crippen molar-refractivity contribution in [3.05, 3.63) is 89.0 Å². The van der Waals surface area contributed by atoms with Crippen molar-refractivity contribution >= 4 is 52.0 Å². The van der Waals surface area contributed by atoms with E-state index in [0.717, 1.165) is 15.7 Å². The molecule has 3 aromatic carbocycles. The summed E-state index contributed by atoms with van der Waals surface area (Å²) in [7, 11) is 0. The van der Waals surface area contributed by atoms with E-state index in [1.54, 1.807) is 37.3 Å². The number of hydrogen-bond donors (Lipinski definition) is 1. The minimum atomic E-state index is -0.830. The summed E-state index contributed by atoms with van der Waals surface area (Å²) >= 11 is 6.18. The van der Waals surface area contributed by atoms with Gasteiger partial charge in [0.25, 0.3) is 11.8 Å². The van der Waals surface area contributed by atoms with Gasteiger partial charge in [-0.25, -0.2) is 9.69 Å². The number of hydrogen-bond acceptors (Lipinski definition) is 4. The number of carbonyl (C=O) groups is 3. The highest BCUT2D eigenvalue weighted by Crippen LogP contribution is 2.33. The second-order valence-electron chi connectivity index (χ2n) is 7.14. The van der Waals surface area contributed by atoms with E-state index in [9.17, 15) is 14.4 Å². The van der Waals surface area contributed by atoms with Crippen molar-refractivity contribution in [2.45, 2.75) is 6.92 Å². The Kier molecular flexibility index (Phi) is 5.79. The largest absolute Gasteiger partial charge is 0.489 e. The third kappa shape index (κ3) is 3.76. The lowest BCUT2D eigenvalue weighted by Gasteiger charge is -2.28. The highest BCUT2D eigenvalue weighted by molar-refractivity contribution is 6.40. The average molecular weight is 447 g/mol. The van der Waals surface area contributed by atoms with Crippen LogP contribution in [0.1, 0.15) is 11.1 Å². The molecule has 0 aromatic heterocycles. The summed E-state index contributed by atoms with van der Waals surface area (Å²) in [4.78, 5) is 39.5. The number of halogens is 1. The molecule has 0 unspecified atom stereocenters. The molecule has 0 spiro atoms. The first kappa shape index (κ1) is 21.3. The number of barbiturate groups is 1. The molecule has 4 rings (SSSR count). The van der Waals surface area contributed by atoms with Crippen molar-refractivity contribution < 1.29 is 19.1 Å². The van der Waals surface area contributed by atoms with Crippen LogP contribution >= 0.6 is 11.6 Å². The van der Waals surface area contributed by atoms with Crippen molar-refractivity contribution in [1.82, 2.24) is 5.32 Å². The summed E-state index contributed by atoms with van der Waals surface area (Å²) in [6, 6.07) is 15.3. The Morgan fingerprint density at radius 2 is 1.84 bits per heavy atom. The first-order chi connectivity index (χ1) is 15.4. The van der Waals surface area contributed by atoms with E-state index in [4.69, 9.17) is 16.3 Å². The summed E-state index contributed by atoms with van der Waals surface area (Å²) in [6.45, 7) is 5.61. The van der Waals surface area contributed by atoms with E-state index in [-0.39, 0.29) is 12.2 Å². The van der Waals surface area contributed by atoms with E-state index < -0.39 is 17.8 Å². The van der Waals surface area contributed by atoms with Crippen LogP contribution in [0.4, 0.5) is 10.5 Å². The zero-order chi connectivity index (χ0) is 22.8. The van der Waals surface area contributed by atoms with Gasteiger partial charge in [0.1, 0.15) is 17.9 Å². The number of nitrogens with zero attached hydrogens (tertiary/aromatic N) is 1. The van der Waals surface area contributed by atoms with Gasteiger partial charge in [-0.2, -0.15) is 0 Å². The van der Waals surface area contributed by atoms with Crippen LogP contribution in [-0.2, 0) is 9.59 Å². The van der Waals surface area contributed by atoms with Crippen LogP contribution in [0.25, 0.3) is 16.8 Å². The smallest absolute Gasteiger partial charge is 0.335 e. The number of anilines is 1. The number of benzene rings is 3. The Bertz CT molecular complexity index is 1310. The number of amides is 4. The molecule has 7 heteroatoms. The molecule has 6 nitrogen and oxygen atoms in total. The molecule has 3 aromatic rings. The Hall–Kier alpha value is -3.90. The van der Waals surface area contributed by atoms with E-state index in [1.165, 1.54) is 6.08 Å². The fourth-order valence-corrected chi connectivity index (χ4v) is 3.73. The monoisotopic (exact) mass is 446 g/mol. The predicted molar refractivity (Wildman–Crippen MR) is 125 cm³/mol. The van der Waals surface area contributed by atoms with Gasteiger partial charge in [-0.05, 0) is 47.5 Å². The molecule has 0 saturated carbocycles. The predicted octanol–water partition coefficient (Wildman–Crippen LogP) is 5.03. The van der Waals surface area contributed by atoms with Crippen molar-refractivity contribution in [3.63, 3.8) is 0 Å². The second kappa shape index (κ2) is 8.69. The zero-order valence-corrected chi connectivity index (χ0v) is 18.0. The van der Waals surface area contributed by atoms with Crippen molar-refractivity contribution in [1.29, 1.82) is 0 Å². The third-order valence-corrected chi connectivity index (χ3v) is 5.57. The number of carbonyl (C=O) groups excluding carboxylic acids is 3. The molecular formula is C25H19ClN2O4. The van der Waals surface area contributed by atoms with Crippen molar-refractivity contribution in [2.75, 3.05) is 11.5 Å². The van der Waals surface area contributed by atoms with E-state index in [0.29, 0.717) is 27.6 Å². The third-order valence-electron chi connectivity index (χ3n) is 5.16. The fraction of sp³-hybridized carbons (Fsp3) is 0.0800. The molecule has 0 aliphatic carbocycles. The summed E-state index contributed by atoms with van der Waals surface area (Å²) in [6.07, 6.45) is 3.06. The van der Waals surface area contributed by atoms with Crippen LogP contribution < -0.4 is 15.0 Å². The number of fused-ring (bicyclic) bond motifs is 1. The van der Waals surface area contributed by atoms with Gasteiger partial charge in [0, 0.05) is 10.6 Å². The number of ether oxygens (including phenoxy) is 1.